The van der Waals surface area contributed by atoms with E-state index in [0.29, 0.717) is 0 Å². The zero-order chi connectivity index (χ0) is 53.6. The van der Waals surface area contributed by atoms with Crippen molar-refractivity contribution in [3.05, 3.63) is 322 Å². The zero-order valence-electron chi connectivity index (χ0n) is 44.6. The van der Waals surface area contributed by atoms with Crippen LogP contribution >= 0.6 is 0 Å². The lowest BCUT2D eigenvalue weighted by molar-refractivity contribution is 1.25. The number of hydrogen-bond donors (Lipinski definition) is 0. The second-order valence-electron chi connectivity index (χ2n) is 21.1. The van der Waals surface area contributed by atoms with Crippen molar-refractivity contribution in [1.82, 2.24) is 0 Å². The molecule has 0 unspecified atom stereocenters. The first-order valence-corrected chi connectivity index (χ1v) is 28.0. The highest BCUT2D eigenvalue weighted by Crippen LogP contribution is 2.52. The van der Waals surface area contributed by atoms with Gasteiger partial charge in [0.15, 0.2) is 0 Å². The largest absolute Gasteiger partial charge is 0.310 e. The number of fused-ring (bicyclic) bond motifs is 4. The fourth-order valence-electron chi connectivity index (χ4n) is 12.8. The van der Waals surface area contributed by atoms with Gasteiger partial charge in [-0.05, 0) is 120 Å². The van der Waals surface area contributed by atoms with Crippen LogP contribution in [-0.2, 0) is 0 Å². The molecule has 0 amide bonds. The highest BCUT2D eigenvalue weighted by atomic mass is 15.2. The second kappa shape index (κ2) is 20.4. The lowest BCUT2D eigenvalue weighted by atomic mass is 9.33. The van der Waals surface area contributed by atoms with Crippen molar-refractivity contribution < 1.29 is 0 Å². The predicted octanol–water partition coefficient (Wildman–Crippen LogP) is 19.1. The van der Waals surface area contributed by atoms with Crippen LogP contribution in [0.1, 0.15) is 0 Å². The topological polar surface area (TPSA) is 6.48 Å². The predicted molar refractivity (Wildman–Crippen MR) is 344 cm³/mol. The first-order chi connectivity index (χ1) is 40.2. The summed E-state index contributed by atoms with van der Waals surface area (Å²) in [5.74, 6) is 0. The van der Waals surface area contributed by atoms with Gasteiger partial charge in [-0.25, -0.2) is 0 Å². The Morgan fingerprint density at radius 2 is 0.432 bits per heavy atom. The van der Waals surface area contributed by atoms with Gasteiger partial charge in [-0.2, -0.15) is 0 Å². The molecule has 378 valence electrons. The minimum atomic E-state index is -0.0346. The van der Waals surface area contributed by atoms with Crippen LogP contribution in [-0.4, -0.2) is 6.71 Å². The van der Waals surface area contributed by atoms with Crippen molar-refractivity contribution >= 4 is 57.2 Å². The van der Waals surface area contributed by atoms with E-state index >= 15 is 0 Å². The van der Waals surface area contributed by atoms with E-state index in [0.717, 1.165) is 56.1 Å². The quantitative estimate of drug-likeness (QED) is 0.126. The maximum Gasteiger partial charge on any atom is 0.252 e. The maximum absolute atomic E-state index is 2.58. The Hall–Kier alpha value is -10.5. The maximum atomic E-state index is 2.58. The lowest BCUT2D eigenvalue weighted by Gasteiger charge is -2.45. The highest BCUT2D eigenvalue weighted by molar-refractivity contribution is 7.00. The van der Waals surface area contributed by atoms with E-state index in [4.69, 9.17) is 0 Å². The third kappa shape index (κ3) is 8.46. The van der Waals surface area contributed by atoms with Crippen molar-refractivity contribution in [2.45, 2.75) is 0 Å². The van der Waals surface area contributed by atoms with Crippen LogP contribution in [0.5, 0.6) is 0 Å². The Labute approximate surface area is 474 Å². The minimum Gasteiger partial charge on any atom is -0.310 e. The van der Waals surface area contributed by atoms with E-state index in [1.165, 1.54) is 83.4 Å². The van der Waals surface area contributed by atoms with Crippen molar-refractivity contribution in [3.8, 4) is 89.0 Å². The number of anilines is 6. The third-order valence-electron chi connectivity index (χ3n) is 16.5. The zero-order valence-corrected chi connectivity index (χ0v) is 44.6. The fraction of sp³-hybridized carbons (Fsp3) is 0. The van der Waals surface area contributed by atoms with Crippen molar-refractivity contribution in [1.29, 1.82) is 0 Å². The van der Waals surface area contributed by atoms with Crippen LogP contribution in [0.3, 0.4) is 0 Å². The monoisotopic (exact) mass is 1030 g/mol. The van der Waals surface area contributed by atoms with Crippen molar-refractivity contribution in [3.63, 3.8) is 0 Å². The Balaban J connectivity index is 0.918. The van der Waals surface area contributed by atoms with Crippen LogP contribution in [0.4, 0.5) is 34.1 Å². The van der Waals surface area contributed by atoms with Gasteiger partial charge in [0.05, 0.1) is 11.4 Å². The van der Waals surface area contributed by atoms with Crippen molar-refractivity contribution in [2.75, 3.05) is 9.80 Å². The van der Waals surface area contributed by atoms with Gasteiger partial charge < -0.3 is 9.80 Å². The summed E-state index contributed by atoms with van der Waals surface area (Å²) in [5, 5.41) is 0. The number of para-hydroxylation sites is 4. The van der Waals surface area contributed by atoms with Crippen LogP contribution in [0.25, 0.3) is 89.0 Å². The Bertz CT molecular complexity index is 4160. The molecule has 0 fully saturated rings. The normalized spacial score (nSPS) is 12.1. The molecule has 81 heavy (non-hydrogen) atoms. The highest BCUT2D eigenvalue weighted by Gasteiger charge is 2.44. The molecule has 3 heteroatoms. The average molecular weight is 1030 g/mol. The SMILES string of the molecule is c1ccc(-c2cccc(-c3ccc(-c4cccc(-c5ccccc5)c4N4c5ccccc5B5c6ccccc6N(c6c(-c7ccccc7)cccc6-c6ccc(-c7cccc(-c8ccccc8)c7)cc6)c6cccc4c65)cc3)c2)cc1. The molecule has 0 bridgehead atoms. The molecule has 2 nitrogen and oxygen atoms in total. The van der Waals surface area contributed by atoms with E-state index in [2.05, 4.69) is 331 Å². The molecule has 2 heterocycles. The van der Waals surface area contributed by atoms with Crippen LogP contribution in [0.2, 0.25) is 0 Å². The molecule has 0 atom stereocenters. The van der Waals surface area contributed by atoms with Gasteiger partial charge >= 0.3 is 0 Å². The van der Waals surface area contributed by atoms with E-state index in [-0.39, 0.29) is 6.71 Å². The summed E-state index contributed by atoms with van der Waals surface area (Å²) in [4.78, 5) is 5.17. The summed E-state index contributed by atoms with van der Waals surface area (Å²) in [5.41, 5.74) is 29.7. The van der Waals surface area contributed by atoms with Gasteiger partial charge in [-0.15, -0.1) is 0 Å². The smallest absolute Gasteiger partial charge is 0.252 e. The summed E-state index contributed by atoms with van der Waals surface area (Å²) >= 11 is 0. The molecular formula is C78H53BN2. The molecular weight excluding hydrogens is 976 g/mol. The Morgan fingerprint density at radius 1 is 0.185 bits per heavy atom. The molecule has 0 saturated carbocycles. The second-order valence-corrected chi connectivity index (χ2v) is 21.1. The number of hydrogen-bond acceptors (Lipinski definition) is 2. The summed E-state index contributed by atoms with van der Waals surface area (Å²) in [6.45, 7) is -0.0346. The summed E-state index contributed by atoms with van der Waals surface area (Å²) < 4.78 is 0. The number of nitrogens with zero attached hydrogens (tertiary/aromatic N) is 2. The first kappa shape index (κ1) is 47.7. The van der Waals surface area contributed by atoms with E-state index < -0.39 is 0 Å². The molecule has 0 aliphatic carbocycles. The Kier molecular flexibility index (Phi) is 12.0. The van der Waals surface area contributed by atoms with Gasteiger partial charge in [0, 0.05) is 45.0 Å². The minimum absolute atomic E-state index is 0.0346. The molecule has 0 N–H and O–H groups in total. The van der Waals surface area contributed by atoms with Crippen LogP contribution < -0.4 is 26.2 Å². The standard InChI is InChI=1S/C78H53BN2/c1-5-22-54(23-6-1)62-30-17-32-64(52-62)56-44-48-60(49-45-56)68-36-19-34-66(58-26-9-3-10-27-58)77(68)80-72-40-15-13-38-70(72)79-71-39-14-16-41-73(71)81(75-43-21-42-74(80)76(75)79)78-67(59-28-11-4-12-29-59)35-20-37-69(78)61-50-46-57(47-51-61)65-33-18-31-63(53-65)55-24-7-2-8-25-55/h1-53H. The summed E-state index contributed by atoms with van der Waals surface area (Å²) in [6, 6.07) is 118. The summed E-state index contributed by atoms with van der Waals surface area (Å²) in [6.07, 6.45) is 0. The molecule has 0 radical (unpaired) electrons. The fourth-order valence-corrected chi connectivity index (χ4v) is 12.8. The molecule has 2 aliphatic rings. The van der Waals surface area contributed by atoms with Crippen LogP contribution in [0.15, 0.2) is 322 Å². The first-order valence-electron chi connectivity index (χ1n) is 28.0. The van der Waals surface area contributed by atoms with Gasteiger partial charge in [-0.3, -0.25) is 0 Å². The molecule has 0 saturated heterocycles. The molecule has 15 rings (SSSR count). The molecule has 0 aromatic heterocycles. The Morgan fingerprint density at radius 3 is 0.802 bits per heavy atom. The average Bonchev–Trinajstić information content (AvgIpc) is 3.73. The van der Waals surface area contributed by atoms with Gasteiger partial charge in [-0.1, -0.05) is 285 Å². The molecule has 13 aromatic rings. The molecule has 13 aromatic carbocycles. The number of benzene rings is 13. The van der Waals surface area contributed by atoms with Gasteiger partial charge in [0.1, 0.15) is 0 Å². The van der Waals surface area contributed by atoms with Crippen molar-refractivity contribution in [2.24, 2.45) is 0 Å². The van der Waals surface area contributed by atoms with E-state index in [9.17, 15) is 0 Å². The lowest BCUT2D eigenvalue weighted by Crippen LogP contribution is -2.61. The van der Waals surface area contributed by atoms with Gasteiger partial charge in [0.2, 0.25) is 0 Å². The molecule has 0 spiro atoms. The van der Waals surface area contributed by atoms with Crippen LogP contribution in [0, 0.1) is 0 Å². The number of rotatable bonds is 10. The van der Waals surface area contributed by atoms with E-state index in [1.54, 1.807) is 0 Å². The summed E-state index contributed by atoms with van der Waals surface area (Å²) in [7, 11) is 0. The van der Waals surface area contributed by atoms with E-state index in [1.807, 2.05) is 0 Å². The van der Waals surface area contributed by atoms with Gasteiger partial charge in [0.25, 0.3) is 6.71 Å². The molecule has 2 aliphatic heterocycles. The third-order valence-corrected chi connectivity index (χ3v) is 16.5.